The Morgan fingerprint density at radius 2 is 2.30 bits per heavy atom. The molecule has 0 aliphatic carbocycles. The molecule has 5 nitrogen and oxygen atoms in total. The molecule has 2 unspecified atom stereocenters. The lowest BCUT2D eigenvalue weighted by Gasteiger charge is -1.96. The van der Waals surface area contributed by atoms with E-state index in [1.165, 1.54) is 0 Å². The first kappa shape index (κ1) is 9.49. The van der Waals surface area contributed by atoms with Gasteiger partial charge in [-0.25, -0.2) is 4.79 Å². The van der Waals surface area contributed by atoms with Crippen LogP contribution >= 0.6 is 8.03 Å². The van der Waals surface area contributed by atoms with E-state index in [1.54, 1.807) is 6.92 Å². The van der Waals surface area contributed by atoms with Gasteiger partial charge in [-0.1, -0.05) is 0 Å². The number of ether oxygens (including phenoxy) is 1. The molecule has 0 fully saturated rings. The lowest BCUT2D eigenvalue weighted by molar-refractivity contribution is -0.144. The number of rotatable bonds is 4. The van der Waals surface area contributed by atoms with Gasteiger partial charge in [-0.3, -0.25) is 0 Å². The quantitative estimate of drug-likeness (QED) is 0.583. The van der Waals surface area contributed by atoms with Gasteiger partial charge in [0.05, 0.1) is 0 Å². The molecule has 0 aromatic rings. The molecular formula is C4H8O5P+. The Kier molecular flexibility index (Phi) is 4.11. The number of hydrogen-bond acceptors (Lipinski definition) is 3. The van der Waals surface area contributed by atoms with Gasteiger partial charge in [-0.05, 0) is 11.5 Å². The van der Waals surface area contributed by atoms with E-state index in [0.29, 0.717) is 0 Å². The Balaban J connectivity index is 3.98. The van der Waals surface area contributed by atoms with Crippen LogP contribution in [0.15, 0.2) is 0 Å². The predicted molar refractivity (Wildman–Crippen MR) is 32.9 cm³/mol. The van der Waals surface area contributed by atoms with Crippen molar-refractivity contribution in [1.29, 1.82) is 0 Å². The molecule has 0 aliphatic rings. The first-order chi connectivity index (χ1) is 4.59. The van der Waals surface area contributed by atoms with Crippen molar-refractivity contribution in [3.63, 3.8) is 0 Å². The molecule has 0 aromatic heterocycles. The van der Waals surface area contributed by atoms with Crippen LogP contribution in [0.1, 0.15) is 6.92 Å². The van der Waals surface area contributed by atoms with E-state index in [9.17, 15) is 9.36 Å². The van der Waals surface area contributed by atoms with Gasteiger partial charge in [0.15, 0.2) is 0 Å². The van der Waals surface area contributed by atoms with Gasteiger partial charge in [-0.2, -0.15) is 4.89 Å². The van der Waals surface area contributed by atoms with E-state index in [0.717, 1.165) is 0 Å². The highest BCUT2D eigenvalue weighted by molar-refractivity contribution is 7.40. The van der Waals surface area contributed by atoms with E-state index < -0.39 is 19.8 Å². The maximum Gasteiger partial charge on any atom is 0.550 e. The summed E-state index contributed by atoms with van der Waals surface area (Å²) in [6.07, 6.45) is 0. The normalized spacial score (nSPS) is 14.4. The second-order valence-electron chi connectivity index (χ2n) is 1.45. The van der Waals surface area contributed by atoms with E-state index >= 15 is 0 Å². The number of carbonyl (C=O) groups is 1. The van der Waals surface area contributed by atoms with E-state index in [-0.39, 0.29) is 6.61 Å². The van der Waals surface area contributed by atoms with Gasteiger partial charge in [0.1, 0.15) is 0 Å². The molecule has 58 valence electrons. The first-order valence-corrected chi connectivity index (χ1v) is 3.87. The largest absolute Gasteiger partial charge is 0.550 e. The standard InChI is InChI=1S/C4H7O5P/c1-2-9-4(3(5)6)10(7)8/h4H,2H2,1H3,(H-,5,6,7,8)/p+1. The number of aliphatic carboxylic acids is 1. The van der Waals surface area contributed by atoms with Crippen molar-refractivity contribution in [3.8, 4) is 0 Å². The van der Waals surface area contributed by atoms with E-state index in [4.69, 9.17) is 10.00 Å². The molecule has 6 heteroatoms. The number of carboxylic acids is 1. The molecule has 0 amide bonds. The van der Waals surface area contributed by atoms with Crippen LogP contribution in [0.4, 0.5) is 0 Å². The Labute approximate surface area is 58.5 Å². The second-order valence-corrected chi connectivity index (χ2v) is 2.52. The third-order valence-corrected chi connectivity index (χ3v) is 1.51. The average molecular weight is 167 g/mol. The summed E-state index contributed by atoms with van der Waals surface area (Å²) in [5, 5.41) is 8.21. The molecule has 0 rings (SSSR count). The maximum absolute atomic E-state index is 10.2. The van der Waals surface area contributed by atoms with Gasteiger partial charge in [-0.15, -0.1) is 0 Å². The monoisotopic (exact) mass is 167 g/mol. The Bertz CT molecular complexity index is 131. The van der Waals surface area contributed by atoms with Crippen molar-refractivity contribution < 1.29 is 24.1 Å². The lowest BCUT2D eigenvalue weighted by atomic mass is 10.7. The van der Waals surface area contributed by atoms with Crippen LogP contribution in [0.25, 0.3) is 0 Å². The summed E-state index contributed by atoms with van der Waals surface area (Å²) in [6, 6.07) is 0. The van der Waals surface area contributed by atoms with Gasteiger partial charge < -0.3 is 9.84 Å². The van der Waals surface area contributed by atoms with Crippen molar-refractivity contribution in [1.82, 2.24) is 0 Å². The summed E-state index contributed by atoms with van der Waals surface area (Å²) in [6.45, 7) is 1.66. The van der Waals surface area contributed by atoms with Crippen LogP contribution in [0, 0.1) is 0 Å². The molecule has 0 aromatic carbocycles. The van der Waals surface area contributed by atoms with Crippen LogP contribution in [-0.4, -0.2) is 28.4 Å². The van der Waals surface area contributed by atoms with Gasteiger partial charge in [0, 0.05) is 6.61 Å². The Morgan fingerprint density at radius 3 is 2.40 bits per heavy atom. The third-order valence-electron chi connectivity index (χ3n) is 0.736. The smallest absolute Gasteiger partial charge is 0.476 e. The zero-order chi connectivity index (χ0) is 8.15. The summed E-state index contributed by atoms with van der Waals surface area (Å²) in [7, 11) is -2.78. The van der Waals surface area contributed by atoms with Crippen molar-refractivity contribution in [3.05, 3.63) is 0 Å². The SMILES string of the molecule is CCOC(C(=O)O)[P+](=O)O. The summed E-state index contributed by atoms with van der Waals surface area (Å²) in [4.78, 5) is 18.4. The summed E-state index contributed by atoms with van der Waals surface area (Å²) < 4.78 is 14.6. The van der Waals surface area contributed by atoms with E-state index in [1.807, 2.05) is 0 Å². The van der Waals surface area contributed by atoms with Crippen LogP contribution in [0.3, 0.4) is 0 Å². The van der Waals surface area contributed by atoms with Gasteiger partial charge in [0.25, 0.3) is 0 Å². The highest BCUT2D eigenvalue weighted by Gasteiger charge is 2.37. The first-order valence-electron chi connectivity index (χ1n) is 2.59. The number of hydrogen-bond donors (Lipinski definition) is 2. The maximum atomic E-state index is 10.2. The van der Waals surface area contributed by atoms with Gasteiger partial charge >= 0.3 is 19.8 Å². The minimum atomic E-state index is -2.78. The van der Waals surface area contributed by atoms with Crippen molar-refractivity contribution in [2.75, 3.05) is 6.61 Å². The van der Waals surface area contributed by atoms with Crippen molar-refractivity contribution >= 4 is 14.0 Å². The molecule has 10 heavy (non-hydrogen) atoms. The molecular weight excluding hydrogens is 159 g/mol. The topological polar surface area (TPSA) is 83.8 Å². The van der Waals surface area contributed by atoms with Crippen LogP contribution in [0.2, 0.25) is 0 Å². The highest BCUT2D eigenvalue weighted by Crippen LogP contribution is 2.23. The van der Waals surface area contributed by atoms with E-state index in [2.05, 4.69) is 4.74 Å². The van der Waals surface area contributed by atoms with Crippen LogP contribution < -0.4 is 0 Å². The molecule has 0 saturated carbocycles. The van der Waals surface area contributed by atoms with Gasteiger partial charge in [0.2, 0.25) is 0 Å². The summed E-state index contributed by atoms with van der Waals surface area (Å²) in [5.41, 5.74) is 0. The zero-order valence-electron chi connectivity index (χ0n) is 5.35. The minimum Gasteiger partial charge on any atom is -0.476 e. The predicted octanol–water partition coefficient (Wildman–Crippen LogP) is 0.168. The minimum absolute atomic E-state index is 0.110. The summed E-state index contributed by atoms with van der Waals surface area (Å²) >= 11 is 0. The Morgan fingerprint density at radius 1 is 1.80 bits per heavy atom. The molecule has 0 bridgehead atoms. The molecule has 2 N–H and O–H groups in total. The zero-order valence-corrected chi connectivity index (χ0v) is 6.25. The highest BCUT2D eigenvalue weighted by atomic mass is 31.1. The van der Waals surface area contributed by atoms with Crippen molar-refractivity contribution in [2.45, 2.75) is 12.8 Å². The van der Waals surface area contributed by atoms with Crippen LogP contribution in [0.5, 0.6) is 0 Å². The molecule has 0 saturated heterocycles. The average Bonchev–Trinajstić information content (AvgIpc) is 1.81. The Hall–Kier alpha value is -0.510. The third kappa shape index (κ3) is 2.87. The molecule has 0 spiro atoms. The fourth-order valence-corrected chi connectivity index (χ4v) is 0.853. The fourth-order valence-electron chi connectivity index (χ4n) is 0.387. The van der Waals surface area contributed by atoms with Crippen molar-refractivity contribution in [2.24, 2.45) is 0 Å². The molecule has 0 heterocycles. The fraction of sp³-hybridized carbons (Fsp3) is 0.750. The number of carboxylic acid groups (broad SMARTS) is 1. The van der Waals surface area contributed by atoms with Crippen LogP contribution in [-0.2, 0) is 14.1 Å². The second kappa shape index (κ2) is 4.33. The summed E-state index contributed by atoms with van der Waals surface area (Å²) in [5.74, 6) is -2.99. The molecule has 2 atom stereocenters. The lowest BCUT2D eigenvalue weighted by Crippen LogP contribution is -2.19. The molecule has 0 radical (unpaired) electrons. The molecule has 0 aliphatic heterocycles.